The molecule has 0 unspecified atom stereocenters. The van der Waals surface area contributed by atoms with Crippen molar-refractivity contribution in [1.29, 1.82) is 0 Å². The molecule has 1 aliphatic heterocycles. The van der Waals surface area contributed by atoms with Gasteiger partial charge in [0.15, 0.2) is 6.10 Å². The predicted molar refractivity (Wildman–Crippen MR) is 96.4 cm³/mol. The molecule has 0 saturated carbocycles. The molecule has 7 heteroatoms. The van der Waals surface area contributed by atoms with Gasteiger partial charge in [-0.25, -0.2) is 0 Å². The van der Waals surface area contributed by atoms with Gasteiger partial charge in [-0.15, -0.1) is 11.3 Å². The van der Waals surface area contributed by atoms with Crippen LogP contribution >= 0.6 is 11.3 Å². The van der Waals surface area contributed by atoms with Gasteiger partial charge in [-0.2, -0.15) is 0 Å². The SMILES string of the molecule is C[C@H](OC(=O)C1CCN(C(=O)c2cccs2)CC1)C(=O)NC(C)(C)C. The Morgan fingerprint density at radius 3 is 2.44 bits per heavy atom. The molecular formula is C18H26N2O4S. The van der Waals surface area contributed by atoms with Crippen molar-refractivity contribution in [3.8, 4) is 0 Å². The highest BCUT2D eigenvalue weighted by Gasteiger charge is 2.31. The van der Waals surface area contributed by atoms with Crippen molar-refractivity contribution in [1.82, 2.24) is 10.2 Å². The lowest BCUT2D eigenvalue weighted by atomic mass is 9.97. The number of nitrogens with one attached hydrogen (secondary N) is 1. The van der Waals surface area contributed by atoms with Gasteiger partial charge in [-0.3, -0.25) is 14.4 Å². The Labute approximate surface area is 152 Å². The average molecular weight is 366 g/mol. The van der Waals surface area contributed by atoms with E-state index in [-0.39, 0.29) is 29.2 Å². The van der Waals surface area contributed by atoms with E-state index in [0.29, 0.717) is 30.8 Å². The molecule has 1 atom stereocenters. The number of carbonyl (C=O) groups is 3. The van der Waals surface area contributed by atoms with E-state index in [4.69, 9.17) is 4.74 Å². The lowest BCUT2D eigenvalue weighted by molar-refractivity contribution is -0.160. The van der Waals surface area contributed by atoms with Gasteiger partial charge >= 0.3 is 5.97 Å². The summed E-state index contributed by atoms with van der Waals surface area (Å²) >= 11 is 1.42. The minimum absolute atomic E-state index is 0.0136. The van der Waals surface area contributed by atoms with E-state index in [0.717, 1.165) is 0 Å². The minimum Gasteiger partial charge on any atom is -0.452 e. The number of esters is 1. The van der Waals surface area contributed by atoms with Crippen molar-refractivity contribution in [2.24, 2.45) is 5.92 Å². The highest BCUT2D eigenvalue weighted by atomic mass is 32.1. The summed E-state index contributed by atoms with van der Waals surface area (Å²) in [5.41, 5.74) is -0.370. The molecule has 138 valence electrons. The van der Waals surface area contributed by atoms with Gasteiger partial charge in [0, 0.05) is 18.6 Å². The Kier molecular flexibility index (Phi) is 6.21. The van der Waals surface area contributed by atoms with Gasteiger partial charge in [0.1, 0.15) is 0 Å². The van der Waals surface area contributed by atoms with Crippen molar-refractivity contribution in [2.45, 2.75) is 52.2 Å². The summed E-state index contributed by atoms with van der Waals surface area (Å²) in [6.45, 7) is 8.26. The summed E-state index contributed by atoms with van der Waals surface area (Å²) in [5.74, 6) is -0.914. The van der Waals surface area contributed by atoms with Crippen LogP contribution in [0.4, 0.5) is 0 Å². The van der Waals surface area contributed by atoms with E-state index in [1.165, 1.54) is 11.3 Å². The molecule has 0 radical (unpaired) electrons. The summed E-state index contributed by atoms with van der Waals surface area (Å²) < 4.78 is 5.31. The van der Waals surface area contributed by atoms with E-state index in [1.54, 1.807) is 11.8 Å². The molecule has 0 spiro atoms. The normalized spacial score (nSPS) is 17.0. The number of hydrogen-bond donors (Lipinski definition) is 1. The standard InChI is InChI=1S/C18H26N2O4S/c1-12(15(21)19-18(2,3)4)24-17(23)13-7-9-20(10-8-13)16(22)14-6-5-11-25-14/h5-6,11-13H,7-10H2,1-4H3,(H,19,21)/t12-/m0/s1. The molecule has 1 aliphatic rings. The second-order valence-electron chi connectivity index (χ2n) is 7.36. The Bertz CT molecular complexity index is 614. The van der Waals surface area contributed by atoms with Crippen LogP contribution in [0.2, 0.25) is 0 Å². The van der Waals surface area contributed by atoms with Crippen LogP contribution in [0.25, 0.3) is 0 Å². The number of thiophene rings is 1. The molecule has 0 aliphatic carbocycles. The summed E-state index contributed by atoms with van der Waals surface area (Å²) in [6.07, 6.45) is 0.296. The largest absolute Gasteiger partial charge is 0.452 e. The lowest BCUT2D eigenvalue weighted by Crippen LogP contribution is -2.47. The van der Waals surface area contributed by atoms with Crippen molar-refractivity contribution >= 4 is 29.1 Å². The third-order valence-electron chi connectivity index (χ3n) is 4.01. The first kappa shape index (κ1) is 19.4. The van der Waals surface area contributed by atoms with Crippen LogP contribution in [0.3, 0.4) is 0 Å². The number of piperidine rings is 1. The molecular weight excluding hydrogens is 340 g/mol. The fraction of sp³-hybridized carbons (Fsp3) is 0.611. The maximum Gasteiger partial charge on any atom is 0.309 e. The van der Waals surface area contributed by atoms with Gasteiger partial charge in [0.25, 0.3) is 11.8 Å². The highest BCUT2D eigenvalue weighted by molar-refractivity contribution is 7.12. The van der Waals surface area contributed by atoms with Gasteiger partial charge < -0.3 is 15.0 Å². The first-order valence-corrected chi connectivity index (χ1v) is 9.40. The Balaban J connectivity index is 1.81. The van der Waals surface area contributed by atoms with Crippen LogP contribution in [-0.4, -0.2) is 47.4 Å². The van der Waals surface area contributed by atoms with Crippen molar-refractivity contribution in [3.63, 3.8) is 0 Å². The average Bonchev–Trinajstić information content (AvgIpc) is 3.07. The van der Waals surface area contributed by atoms with E-state index in [2.05, 4.69) is 5.32 Å². The number of rotatable bonds is 4. The van der Waals surface area contributed by atoms with E-state index >= 15 is 0 Å². The Hall–Kier alpha value is -1.89. The zero-order valence-corrected chi connectivity index (χ0v) is 16.0. The maximum atomic E-state index is 12.3. The molecule has 2 rings (SSSR count). The molecule has 1 aromatic heterocycles. The summed E-state index contributed by atoms with van der Waals surface area (Å²) in [5, 5.41) is 4.67. The molecule has 1 fully saturated rings. The van der Waals surface area contributed by atoms with Crippen molar-refractivity contribution in [3.05, 3.63) is 22.4 Å². The Morgan fingerprint density at radius 1 is 1.28 bits per heavy atom. The highest BCUT2D eigenvalue weighted by Crippen LogP contribution is 2.22. The lowest BCUT2D eigenvalue weighted by Gasteiger charge is -2.31. The number of likely N-dealkylation sites (tertiary alicyclic amines) is 1. The molecule has 25 heavy (non-hydrogen) atoms. The molecule has 0 aromatic carbocycles. The summed E-state index contributed by atoms with van der Waals surface area (Å²) in [4.78, 5) is 39.1. The molecule has 1 saturated heterocycles. The minimum atomic E-state index is -0.822. The quantitative estimate of drug-likeness (QED) is 0.831. The van der Waals surface area contributed by atoms with Crippen molar-refractivity contribution in [2.75, 3.05) is 13.1 Å². The second kappa shape index (κ2) is 7.99. The number of hydrogen-bond acceptors (Lipinski definition) is 5. The van der Waals surface area contributed by atoms with E-state index in [1.807, 2.05) is 38.3 Å². The first-order valence-electron chi connectivity index (χ1n) is 8.52. The topological polar surface area (TPSA) is 75.7 Å². The fourth-order valence-corrected chi connectivity index (χ4v) is 3.36. The number of amides is 2. The molecule has 6 nitrogen and oxygen atoms in total. The molecule has 2 amide bonds. The van der Waals surface area contributed by atoms with Gasteiger partial charge in [-0.1, -0.05) is 6.07 Å². The smallest absolute Gasteiger partial charge is 0.309 e. The maximum absolute atomic E-state index is 12.3. The zero-order valence-electron chi connectivity index (χ0n) is 15.2. The van der Waals surface area contributed by atoms with Crippen LogP contribution in [-0.2, 0) is 14.3 Å². The number of nitrogens with zero attached hydrogens (tertiary/aromatic N) is 1. The van der Waals surface area contributed by atoms with Crippen LogP contribution in [0, 0.1) is 5.92 Å². The van der Waals surface area contributed by atoms with E-state index in [9.17, 15) is 14.4 Å². The predicted octanol–water partition coefficient (Wildman–Crippen LogP) is 2.45. The van der Waals surface area contributed by atoms with Crippen LogP contribution in [0.15, 0.2) is 17.5 Å². The molecule has 1 N–H and O–H groups in total. The third kappa shape index (κ3) is 5.56. The molecule has 2 heterocycles. The zero-order chi connectivity index (χ0) is 18.6. The Morgan fingerprint density at radius 2 is 1.92 bits per heavy atom. The van der Waals surface area contributed by atoms with Gasteiger partial charge in [0.2, 0.25) is 0 Å². The first-order chi connectivity index (χ1) is 11.7. The number of carbonyl (C=O) groups excluding carboxylic acids is 3. The molecule has 1 aromatic rings. The van der Waals surface area contributed by atoms with Crippen LogP contribution < -0.4 is 5.32 Å². The number of ether oxygens (including phenoxy) is 1. The third-order valence-corrected chi connectivity index (χ3v) is 4.87. The van der Waals surface area contributed by atoms with Crippen molar-refractivity contribution < 1.29 is 19.1 Å². The fourth-order valence-electron chi connectivity index (χ4n) is 2.67. The van der Waals surface area contributed by atoms with Crippen LogP contribution in [0.5, 0.6) is 0 Å². The monoisotopic (exact) mass is 366 g/mol. The van der Waals surface area contributed by atoms with Crippen LogP contribution in [0.1, 0.15) is 50.2 Å². The van der Waals surface area contributed by atoms with E-state index < -0.39 is 6.10 Å². The summed E-state index contributed by atoms with van der Waals surface area (Å²) in [7, 11) is 0. The van der Waals surface area contributed by atoms with Gasteiger partial charge in [-0.05, 0) is 52.0 Å². The van der Waals surface area contributed by atoms with Gasteiger partial charge in [0.05, 0.1) is 10.8 Å². The molecule has 0 bridgehead atoms. The second-order valence-corrected chi connectivity index (χ2v) is 8.31. The summed E-state index contributed by atoms with van der Waals surface area (Å²) in [6, 6.07) is 3.66.